The lowest BCUT2D eigenvalue weighted by Crippen LogP contribution is -2.04. The summed E-state index contributed by atoms with van der Waals surface area (Å²) in [5.74, 6) is -4.74. The van der Waals surface area contributed by atoms with Crippen LogP contribution in [0, 0.1) is 23.3 Å². The van der Waals surface area contributed by atoms with Crippen LogP contribution < -0.4 is 5.73 Å². The van der Waals surface area contributed by atoms with Gasteiger partial charge in [-0.25, -0.2) is 27.1 Å². The first-order chi connectivity index (χ1) is 9.49. The standard InChI is InChI=1S/C12H6F4N4/c13-5-1-2-6(14)11(16)10(5)8-3-7(15)9-4-18-12(17)19-20(8)9/h1-4H,(H2,17,19). The summed E-state index contributed by atoms with van der Waals surface area (Å²) in [7, 11) is 0. The van der Waals surface area contributed by atoms with Gasteiger partial charge in [0, 0.05) is 6.07 Å². The van der Waals surface area contributed by atoms with Crippen molar-refractivity contribution in [1.29, 1.82) is 0 Å². The lowest BCUT2D eigenvalue weighted by molar-refractivity contribution is 0.498. The van der Waals surface area contributed by atoms with Gasteiger partial charge in [-0.15, -0.1) is 5.10 Å². The summed E-state index contributed by atoms with van der Waals surface area (Å²) in [5, 5.41) is 3.67. The van der Waals surface area contributed by atoms with E-state index in [9.17, 15) is 17.6 Å². The maximum absolute atomic E-state index is 13.8. The van der Waals surface area contributed by atoms with E-state index in [1.54, 1.807) is 0 Å². The summed E-state index contributed by atoms with van der Waals surface area (Å²) < 4.78 is 55.3. The molecule has 20 heavy (non-hydrogen) atoms. The first-order valence-electron chi connectivity index (χ1n) is 5.42. The molecule has 2 aromatic heterocycles. The van der Waals surface area contributed by atoms with E-state index < -0.39 is 28.8 Å². The number of aromatic nitrogens is 3. The van der Waals surface area contributed by atoms with E-state index in [0.29, 0.717) is 6.07 Å². The van der Waals surface area contributed by atoms with Crippen molar-refractivity contribution in [3.8, 4) is 11.3 Å². The lowest BCUT2D eigenvalue weighted by Gasteiger charge is -2.05. The Morgan fingerprint density at radius 2 is 1.70 bits per heavy atom. The maximum Gasteiger partial charge on any atom is 0.238 e. The molecule has 1 aromatic carbocycles. The molecule has 0 aliphatic carbocycles. The summed E-state index contributed by atoms with van der Waals surface area (Å²) >= 11 is 0. The SMILES string of the molecule is Nc1ncc2c(F)cc(-c3c(F)ccc(F)c3F)n2n1. The third-order valence-electron chi connectivity index (χ3n) is 2.79. The maximum atomic E-state index is 13.8. The molecule has 8 heteroatoms. The van der Waals surface area contributed by atoms with Crippen LogP contribution in [0.25, 0.3) is 16.8 Å². The molecule has 2 heterocycles. The van der Waals surface area contributed by atoms with Gasteiger partial charge < -0.3 is 5.73 Å². The second-order valence-corrected chi connectivity index (χ2v) is 4.01. The number of benzene rings is 1. The fourth-order valence-electron chi connectivity index (χ4n) is 1.91. The molecule has 0 saturated carbocycles. The Morgan fingerprint density at radius 3 is 2.45 bits per heavy atom. The van der Waals surface area contributed by atoms with Crippen molar-refractivity contribution in [3.05, 3.63) is 47.7 Å². The van der Waals surface area contributed by atoms with Gasteiger partial charge in [0.25, 0.3) is 0 Å². The number of nitrogens with zero attached hydrogens (tertiary/aromatic N) is 3. The van der Waals surface area contributed by atoms with Crippen LogP contribution in [-0.2, 0) is 0 Å². The fraction of sp³-hybridized carbons (Fsp3) is 0. The number of nitrogens with two attached hydrogens (primary N) is 1. The summed E-state index contributed by atoms with van der Waals surface area (Å²) in [6.07, 6.45) is 1.07. The predicted octanol–water partition coefficient (Wildman–Crippen LogP) is 2.53. The first-order valence-corrected chi connectivity index (χ1v) is 5.42. The number of nitrogen functional groups attached to an aromatic ring is 1. The Kier molecular flexibility index (Phi) is 2.60. The first kappa shape index (κ1) is 12.4. The molecule has 0 atom stereocenters. The molecule has 0 aliphatic rings. The van der Waals surface area contributed by atoms with Gasteiger partial charge in [0.05, 0.1) is 17.5 Å². The van der Waals surface area contributed by atoms with Crippen LogP contribution in [0.4, 0.5) is 23.5 Å². The zero-order chi connectivity index (χ0) is 14.4. The minimum absolute atomic E-state index is 0.128. The number of hydrogen-bond acceptors (Lipinski definition) is 3. The number of hydrogen-bond donors (Lipinski definition) is 1. The van der Waals surface area contributed by atoms with E-state index in [-0.39, 0.29) is 17.2 Å². The van der Waals surface area contributed by atoms with Crippen LogP contribution in [0.5, 0.6) is 0 Å². The average Bonchev–Trinajstić information content (AvgIpc) is 2.71. The van der Waals surface area contributed by atoms with Crippen LogP contribution in [0.15, 0.2) is 24.4 Å². The molecule has 0 saturated heterocycles. The highest BCUT2D eigenvalue weighted by atomic mass is 19.2. The molecule has 4 nitrogen and oxygen atoms in total. The van der Waals surface area contributed by atoms with Crippen molar-refractivity contribution >= 4 is 11.5 Å². The van der Waals surface area contributed by atoms with E-state index in [1.807, 2.05) is 0 Å². The predicted molar refractivity (Wildman–Crippen MR) is 62.7 cm³/mol. The van der Waals surface area contributed by atoms with Crippen molar-refractivity contribution < 1.29 is 17.6 Å². The van der Waals surface area contributed by atoms with Crippen LogP contribution in [0.2, 0.25) is 0 Å². The van der Waals surface area contributed by atoms with Gasteiger partial charge in [0.15, 0.2) is 17.5 Å². The van der Waals surface area contributed by atoms with Gasteiger partial charge in [-0.3, -0.25) is 0 Å². The molecule has 0 unspecified atom stereocenters. The minimum Gasteiger partial charge on any atom is -0.367 e. The Morgan fingerprint density at radius 1 is 1.00 bits per heavy atom. The van der Waals surface area contributed by atoms with E-state index in [1.165, 1.54) is 0 Å². The van der Waals surface area contributed by atoms with Gasteiger partial charge >= 0.3 is 0 Å². The highest BCUT2D eigenvalue weighted by molar-refractivity contribution is 5.68. The number of fused-ring (bicyclic) bond motifs is 1. The highest BCUT2D eigenvalue weighted by Gasteiger charge is 2.21. The summed E-state index contributed by atoms with van der Waals surface area (Å²) in [4.78, 5) is 3.58. The van der Waals surface area contributed by atoms with E-state index >= 15 is 0 Å². The van der Waals surface area contributed by atoms with Crippen LogP contribution in [-0.4, -0.2) is 14.6 Å². The third kappa shape index (κ3) is 1.68. The molecule has 0 radical (unpaired) electrons. The van der Waals surface area contributed by atoms with Crippen LogP contribution in [0.3, 0.4) is 0 Å². The highest BCUT2D eigenvalue weighted by Crippen LogP contribution is 2.30. The van der Waals surface area contributed by atoms with Gasteiger partial charge in [-0.2, -0.15) is 0 Å². The molecule has 0 bridgehead atoms. The average molecular weight is 282 g/mol. The van der Waals surface area contributed by atoms with Gasteiger partial charge in [-0.1, -0.05) is 0 Å². The summed E-state index contributed by atoms with van der Waals surface area (Å²) in [6.45, 7) is 0. The van der Waals surface area contributed by atoms with Gasteiger partial charge in [-0.05, 0) is 12.1 Å². The summed E-state index contributed by atoms with van der Waals surface area (Å²) in [5.41, 5.74) is 4.22. The molecule has 3 rings (SSSR count). The molecule has 2 N–H and O–H groups in total. The molecular weight excluding hydrogens is 276 g/mol. The molecular formula is C12H6F4N4. The van der Waals surface area contributed by atoms with Crippen molar-refractivity contribution in [2.24, 2.45) is 0 Å². The topological polar surface area (TPSA) is 56.2 Å². The number of halogens is 4. The Balaban J connectivity index is 2.41. The monoisotopic (exact) mass is 282 g/mol. The lowest BCUT2D eigenvalue weighted by atomic mass is 10.1. The van der Waals surface area contributed by atoms with Gasteiger partial charge in [0.2, 0.25) is 5.95 Å². The molecule has 0 aliphatic heterocycles. The molecule has 0 amide bonds. The molecule has 102 valence electrons. The Labute approximate surface area is 109 Å². The molecule has 0 fully saturated rings. The van der Waals surface area contributed by atoms with Crippen molar-refractivity contribution in [2.75, 3.05) is 5.73 Å². The van der Waals surface area contributed by atoms with E-state index in [2.05, 4.69) is 10.1 Å². The van der Waals surface area contributed by atoms with E-state index in [4.69, 9.17) is 5.73 Å². The van der Waals surface area contributed by atoms with Crippen LogP contribution >= 0.6 is 0 Å². The Hall–Kier alpha value is -2.64. The smallest absolute Gasteiger partial charge is 0.238 e. The van der Waals surface area contributed by atoms with Crippen LogP contribution in [0.1, 0.15) is 0 Å². The second-order valence-electron chi connectivity index (χ2n) is 4.01. The zero-order valence-electron chi connectivity index (χ0n) is 9.74. The van der Waals surface area contributed by atoms with Gasteiger partial charge in [0.1, 0.15) is 11.3 Å². The Bertz CT molecular complexity index is 828. The van der Waals surface area contributed by atoms with E-state index in [0.717, 1.165) is 22.8 Å². The quantitative estimate of drug-likeness (QED) is 0.551. The summed E-state index contributed by atoms with van der Waals surface area (Å²) in [6, 6.07) is 2.23. The number of rotatable bonds is 1. The molecule has 0 spiro atoms. The third-order valence-corrected chi connectivity index (χ3v) is 2.79. The largest absolute Gasteiger partial charge is 0.367 e. The van der Waals surface area contributed by atoms with Crippen molar-refractivity contribution in [2.45, 2.75) is 0 Å². The zero-order valence-corrected chi connectivity index (χ0v) is 9.74. The fourth-order valence-corrected chi connectivity index (χ4v) is 1.91. The van der Waals surface area contributed by atoms with Crippen molar-refractivity contribution in [1.82, 2.24) is 14.6 Å². The minimum atomic E-state index is -1.43. The second kappa shape index (κ2) is 4.19. The molecule has 3 aromatic rings. The number of anilines is 1. The van der Waals surface area contributed by atoms with Crippen molar-refractivity contribution in [3.63, 3.8) is 0 Å². The normalized spacial score (nSPS) is 11.2.